The number of H-pyrrole nitrogens is 1. The zero-order valence-corrected chi connectivity index (χ0v) is 19.0. The molecule has 3 heterocycles. The Kier molecular flexibility index (Phi) is 4.57. The Bertz CT molecular complexity index is 1500. The van der Waals surface area contributed by atoms with Crippen molar-refractivity contribution in [3.05, 3.63) is 70.0 Å². The molecule has 2 aliphatic rings. The maximum Gasteiger partial charge on any atom is 0.417 e. The van der Waals surface area contributed by atoms with Crippen molar-refractivity contribution in [3.63, 3.8) is 0 Å². The number of carbonyl (C=O) groups excluding carboxylic acids is 1. The number of imidazole rings is 1. The second-order valence-corrected chi connectivity index (χ2v) is 9.32. The van der Waals surface area contributed by atoms with Gasteiger partial charge < -0.3 is 9.88 Å². The van der Waals surface area contributed by atoms with Crippen LogP contribution in [-0.4, -0.2) is 42.3 Å². The molecule has 1 amide bonds. The molecule has 4 aromatic rings. The molecule has 1 saturated carbocycles. The van der Waals surface area contributed by atoms with Crippen molar-refractivity contribution >= 4 is 28.5 Å². The largest absolute Gasteiger partial charge is 0.417 e. The maximum absolute atomic E-state index is 15.3. The van der Waals surface area contributed by atoms with E-state index in [1.165, 1.54) is 17.2 Å². The smallest absolute Gasteiger partial charge is 0.340 e. The van der Waals surface area contributed by atoms with Gasteiger partial charge in [-0.15, -0.1) is 0 Å². The number of aryl methyl sites for hydroxylation is 1. The van der Waals surface area contributed by atoms with Gasteiger partial charge in [-0.1, -0.05) is 17.7 Å². The van der Waals surface area contributed by atoms with E-state index in [4.69, 9.17) is 11.6 Å². The summed E-state index contributed by atoms with van der Waals surface area (Å²) in [5, 5.41) is 7.63. The first-order valence-corrected chi connectivity index (χ1v) is 11.2. The van der Waals surface area contributed by atoms with Crippen LogP contribution in [0, 0.1) is 18.7 Å². The summed E-state index contributed by atoms with van der Waals surface area (Å²) in [5.41, 5.74) is -1.06. The van der Waals surface area contributed by atoms with Gasteiger partial charge in [0.1, 0.15) is 28.4 Å². The van der Waals surface area contributed by atoms with E-state index in [2.05, 4.69) is 20.2 Å². The number of aromatic amines is 1. The first-order chi connectivity index (χ1) is 16.6. The summed E-state index contributed by atoms with van der Waals surface area (Å²) in [6.07, 6.45) is -0.530. The molecule has 1 saturated heterocycles. The monoisotopic (exact) mass is 504 g/mol. The molecule has 6 rings (SSSR count). The van der Waals surface area contributed by atoms with E-state index >= 15 is 4.39 Å². The van der Waals surface area contributed by atoms with Crippen LogP contribution in [0.1, 0.15) is 40.2 Å². The Balaban J connectivity index is 1.45. The van der Waals surface area contributed by atoms with E-state index in [1.807, 2.05) is 0 Å². The summed E-state index contributed by atoms with van der Waals surface area (Å²) in [6.45, 7) is 1.92. The number of carbonyl (C=O) groups is 1. The van der Waals surface area contributed by atoms with Gasteiger partial charge in [0.15, 0.2) is 0 Å². The van der Waals surface area contributed by atoms with E-state index in [0.29, 0.717) is 30.8 Å². The highest BCUT2D eigenvalue weighted by atomic mass is 35.5. The quantitative estimate of drug-likeness (QED) is 0.397. The van der Waals surface area contributed by atoms with E-state index in [9.17, 15) is 18.0 Å². The minimum atomic E-state index is -4.62. The van der Waals surface area contributed by atoms with Crippen molar-refractivity contribution in [2.75, 3.05) is 6.54 Å². The second-order valence-electron chi connectivity index (χ2n) is 8.91. The average molecular weight is 505 g/mol. The molecule has 12 heteroatoms. The number of hydrogen-bond acceptors (Lipinski definition) is 4. The van der Waals surface area contributed by atoms with Gasteiger partial charge in [-0.25, -0.2) is 9.37 Å². The molecule has 0 radical (unpaired) electrons. The zero-order valence-electron chi connectivity index (χ0n) is 18.2. The van der Waals surface area contributed by atoms with Crippen LogP contribution in [0.2, 0.25) is 5.02 Å². The summed E-state index contributed by atoms with van der Waals surface area (Å²) in [4.78, 5) is 24.0. The molecule has 2 fully saturated rings. The fourth-order valence-electron chi connectivity index (χ4n) is 5.14. The molecular formula is C23H17ClF4N6O. The van der Waals surface area contributed by atoms with Crippen molar-refractivity contribution in [2.45, 2.75) is 31.5 Å². The number of amides is 1. The van der Waals surface area contributed by atoms with Crippen LogP contribution < -0.4 is 0 Å². The maximum atomic E-state index is 15.3. The van der Waals surface area contributed by atoms with Gasteiger partial charge >= 0.3 is 6.18 Å². The van der Waals surface area contributed by atoms with Crippen molar-refractivity contribution in [2.24, 2.45) is 5.92 Å². The summed E-state index contributed by atoms with van der Waals surface area (Å²) >= 11 is 5.87. The number of halogens is 5. The number of fused-ring (bicyclic) bond motifs is 2. The van der Waals surface area contributed by atoms with Crippen LogP contribution in [0.4, 0.5) is 17.6 Å². The second kappa shape index (κ2) is 7.27. The number of aromatic nitrogens is 5. The normalized spacial score (nSPS) is 21.5. The van der Waals surface area contributed by atoms with Crippen LogP contribution in [0.15, 0.2) is 36.7 Å². The summed E-state index contributed by atoms with van der Waals surface area (Å²) < 4.78 is 55.3. The highest BCUT2D eigenvalue weighted by molar-refractivity contribution is 6.32. The van der Waals surface area contributed by atoms with E-state index in [-0.39, 0.29) is 28.2 Å². The molecule has 1 aliphatic heterocycles. The number of piperidine rings is 1. The Morgan fingerprint density at radius 1 is 1.23 bits per heavy atom. The SMILES string of the molecule is Cc1ccc(-n2nccn2)c(C(=O)N2CC[C@@H]3C[C@@]32c2nc3cc(Cl)c(C(F)(F)F)cc3[nH]2)c1F. The minimum Gasteiger partial charge on any atom is -0.340 e. The lowest BCUT2D eigenvalue weighted by atomic mass is 10.1. The van der Waals surface area contributed by atoms with Crippen LogP contribution in [-0.2, 0) is 11.7 Å². The van der Waals surface area contributed by atoms with Crippen LogP contribution >= 0.6 is 11.6 Å². The molecule has 1 N–H and O–H groups in total. The molecule has 2 aromatic heterocycles. The van der Waals surface area contributed by atoms with Crippen LogP contribution in [0.5, 0.6) is 0 Å². The number of hydrogen-bond donors (Lipinski definition) is 1. The van der Waals surface area contributed by atoms with Gasteiger partial charge in [-0.2, -0.15) is 28.2 Å². The topological polar surface area (TPSA) is 79.7 Å². The van der Waals surface area contributed by atoms with Gasteiger partial charge in [0, 0.05) is 6.54 Å². The predicted molar refractivity (Wildman–Crippen MR) is 118 cm³/mol. The zero-order chi connectivity index (χ0) is 24.7. The Morgan fingerprint density at radius 2 is 1.97 bits per heavy atom. The van der Waals surface area contributed by atoms with Crippen molar-refractivity contribution in [3.8, 4) is 5.69 Å². The van der Waals surface area contributed by atoms with Crippen LogP contribution in [0.25, 0.3) is 16.7 Å². The molecule has 0 bridgehead atoms. The number of alkyl halides is 3. The molecule has 0 spiro atoms. The third kappa shape index (κ3) is 3.17. The minimum absolute atomic E-state index is 0.0590. The van der Waals surface area contributed by atoms with E-state index in [0.717, 1.165) is 12.1 Å². The number of benzene rings is 2. The summed E-state index contributed by atoms with van der Waals surface area (Å²) in [5.74, 6) is -0.794. The summed E-state index contributed by atoms with van der Waals surface area (Å²) in [7, 11) is 0. The highest BCUT2D eigenvalue weighted by Gasteiger charge is 2.66. The Labute approximate surface area is 200 Å². The number of nitrogens with one attached hydrogen (secondary N) is 1. The standard InChI is InChI=1S/C23H17ClF4N6O/c1-11-2-3-17(34-29-5-6-30-34)18(19(11)25)20(35)33-7-4-12-10-22(12,33)21-31-15-8-13(23(26,27)28)14(24)9-16(15)32-21/h2-3,5-6,8-9,12H,4,7,10H2,1H3,(H,31,32)/t12-,22+/m1/s1. The average Bonchev–Trinajstić information content (AvgIpc) is 3.21. The van der Waals surface area contributed by atoms with Gasteiger partial charge in [0.25, 0.3) is 5.91 Å². The molecule has 2 aromatic carbocycles. The molecule has 2 atom stereocenters. The molecule has 180 valence electrons. The third-order valence-electron chi connectivity index (χ3n) is 6.95. The summed E-state index contributed by atoms with van der Waals surface area (Å²) in [6, 6.07) is 5.22. The molecular weight excluding hydrogens is 488 g/mol. The molecule has 1 aliphatic carbocycles. The first kappa shape index (κ1) is 22.0. The number of likely N-dealkylation sites (tertiary alicyclic amines) is 1. The van der Waals surface area contributed by atoms with E-state index < -0.39 is 34.0 Å². The number of rotatable bonds is 3. The fourth-order valence-corrected chi connectivity index (χ4v) is 5.41. The van der Waals surface area contributed by atoms with Gasteiger partial charge in [0.05, 0.1) is 34.0 Å². The predicted octanol–water partition coefficient (Wildman–Crippen LogP) is 5.02. The fraction of sp³-hybridized carbons (Fsp3) is 0.304. The van der Waals surface area contributed by atoms with Crippen LogP contribution in [0.3, 0.4) is 0 Å². The van der Waals surface area contributed by atoms with Crippen molar-refractivity contribution in [1.82, 2.24) is 29.9 Å². The molecule has 7 nitrogen and oxygen atoms in total. The lowest BCUT2D eigenvalue weighted by Gasteiger charge is -2.28. The van der Waals surface area contributed by atoms with Crippen molar-refractivity contribution in [1.29, 1.82) is 0 Å². The van der Waals surface area contributed by atoms with Gasteiger partial charge in [-0.05, 0) is 49.4 Å². The molecule has 0 unspecified atom stereocenters. The van der Waals surface area contributed by atoms with Gasteiger partial charge in [0.2, 0.25) is 0 Å². The molecule has 35 heavy (non-hydrogen) atoms. The van der Waals surface area contributed by atoms with E-state index in [1.54, 1.807) is 24.0 Å². The van der Waals surface area contributed by atoms with Gasteiger partial charge in [-0.3, -0.25) is 4.79 Å². The first-order valence-electron chi connectivity index (χ1n) is 10.9. The lowest BCUT2D eigenvalue weighted by Crippen LogP contribution is -2.40. The Hall–Kier alpha value is -3.47. The third-order valence-corrected chi connectivity index (χ3v) is 7.26. The number of nitrogens with zero attached hydrogens (tertiary/aromatic N) is 5. The highest BCUT2D eigenvalue weighted by Crippen LogP contribution is 2.62. The van der Waals surface area contributed by atoms with Crippen molar-refractivity contribution < 1.29 is 22.4 Å². The lowest BCUT2D eigenvalue weighted by molar-refractivity contribution is -0.137. The Morgan fingerprint density at radius 3 is 2.66 bits per heavy atom.